The Balaban J connectivity index is 1.97. The van der Waals surface area contributed by atoms with Crippen LogP contribution in [-0.4, -0.2) is 62.6 Å². The van der Waals surface area contributed by atoms with Crippen LogP contribution in [0.3, 0.4) is 0 Å². The Kier molecular flexibility index (Phi) is 6.07. The smallest absolute Gasteiger partial charge is 0.0472 e. The van der Waals surface area contributed by atoms with E-state index in [0.29, 0.717) is 18.1 Å². The SMILES string of the molecule is CNCC1(CN2CCCCC2CCO)CCOCC1. The first kappa shape index (κ1) is 15.2. The lowest BCUT2D eigenvalue weighted by Gasteiger charge is -2.45. The molecule has 1 atom stereocenters. The number of hydrogen-bond acceptors (Lipinski definition) is 4. The molecule has 1 unspecified atom stereocenters. The van der Waals surface area contributed by atoms with Crippen molar-refractivity contribution >= 4 is 0 Å². The molecule has 0 aromatic carbocycles. The summed E-state index contributed by atoms with van der Waals surface area (Å²) in [5.41, 5.74) is 0.373. The van der Waals surface area contributed by atoms with Crippen molar-refractivity contribution in [2.45, 2.75) is 44.6 Å². The van der Waals surface area contributed by atoms with Crippen LogP contribution in [0.5, 0.6) is 0 Å². The molecule has 2 rings (SSSR count). The maximum Gasteiger partial charge on any atom is 0.0472 e. The van der Waals surface area contributed by atoms with Gasteiger partial charge in [-0.2, -0.15) is 0 Å². The monoisotopic (exact) mass is 270 g/mol. The van der Waals surface area contributed by atoms with Crippen LogP contribution in [0, 0.1) is 5.41 Å². The van der Waals surface area contributed by atoms with E-state index in [-0.39, 0.29) is 0 Å². The van der Waals surface area contributed by atoms with Crippen LogP contribution in [0.25, 0.3) is 0 Å². The molecule has 112 valence electrons. The molecule has 0 aliphatic carbocycles. The lowest BCUT2D eigenvalue weighted by atomic mass is 9.78. The molecule has 2 fully saturated rings. The van der Waals surface area contributed by atoms with E-state index in [9.17, 15) is 5.11 Å². The van der Waals surface area contributed by atoms with Gasteiger partial charge in [0, 0.05) is 39.0 Å². The number of aliphatic hydroxyl groups is 1. The minimum Gasteiger partial charge on any atom is -0.396 e. The summed E-state index contributed by atoms with van der Waals surface area (Å²) in [5.74, 6) is 0. The van der Waals surface area contributed by atoms with Crippen molar-refractivity contribution in [3.05, 3.63) is 0 Å². The number of likely N-dealkylation sites (tertiary alicyclic amines) is 1. The molecule has 0 aromatic heterocycles. The molecule has 2 aliphatic rings. The second kappa shape index (κ2) is 7.58. The molecule has 0 saturated carbocycles. The highest BCUT2D eigenvalue weighted by atomic mass is 16.5. The van der Waals surface area contributed by atoms with Gasteiger partial charge >= 0.3 is 0 Å². The zero-order chi connectivity index (χ0) is 13.6. The molecule has 2 aliphatic heterocycles. The first-order chi connectivity index (χ1) is 9.29. The molecule has 2 saturated heterocycles. The number of nitrogens with zero attached hydrogens (tertiary/aromatic N) is 1. The number of nitrogens with one attached hydrogen (secondary N) is 1. The van der Waals surface area contributed by atoms with E-state index in [0.717, 1.165) is 39.0 Å². The Morgan fingerprint density at radius 1 is 1.32 bits per heavy atom. The molecule has 19 heavy (non-hydrogen) atoms. The molecule has 0 amide bonds. The fourth-order valence-corrected chi connectivity index (χ4v) is 3.75. The van der Waals surface area contributed by atoms with Crippen LogP contribution in [0.2, 0.25) is 0 Å². The van der Waals surface area contributed by atoms with Gasteiger partial charge in [-0.05, 0) is 51.1 Å². The van der Waals surface area contributed by atoms with E-state index in [1.165, 1.54) is 32.4 Å². The van der Waals surface area contributed by atoms with Gasteiger partial charge in [0.05, 0.1) is 0 Å². The molecule has 0 spiro atoms. The Morgan fingerprint density at radius 3 is 2.79 bits per heavy atom. The second-order valence-corrected chi connectivity index (χ2v) is 6.28. The fourth-order valence-electron chi connectivity index (χ4n) is 3.75. The molecule has 0 aromatic rings. The number of ether oxygens (including phenoxy) is 1. The summed E-state index contributed by atoms with van der Waals surface area (Å²) in [7, 11) is 2.05. The first-order valence-electron chi connectivity index (χ1n) is 7.87. The lowest BCUT2D eigenvalue weighted by Crippen LogP contribution is -2.51. The van der Waals surface area contributed by atoms with Crippen LogP contribution in [0.4, 0.5) is 0 Å². The molecule has 4 heteroatoms. The van der Waals surface area contributed by atoms with E-state index in [2.05, 4.69) is 17.3 Å². The predicted octanol–water partition coefficient (Wildman–Crippen LogP) is 1.24. The summed E-state index contributed by atoms with van der Waals surface area (Å²) in [5, 5.41) is 12.6. The summed E-state index contributed by atoms with van der Waals surface area (Å²) >= 11 is 0. The highest BCUT2D eigenvalue weighted by Gasteiger charge is 2.36. The highest BCUT2D eigenvalue weighted by Crippen LogP contribution is 2.33. The van der Waals surface area contributed by atoms with Gasteiger partial charge in [0.25, 0.3) is 0 Å². The van der Waals surface area contributed by atoms with E-state index in [1.807, 2.05) is 0 Å². The molecule has 0 bridgehead atoms. The predicted molar refractivity (Wildman–Crippen MR) is 77.3 cm³/mol. The van der Waals surface area contributed by atoms with Crippen LogP contribution < -0.4 is 5.32 Å². The molecular formula is C15H30N2O2. The molecular weight excluding hydrogens is 240 g/mol. The van der Waals surface area contributed by atoms with E-state index >= 15 is 0 Å². The van der Waals surface area contributed by atoms with Gasteiger partial charge < -0.3 is 15.2 Å². The normalized spacial score (nSPS) is 28.4. The van der Waals surface area contributed by atoms with Crippen molar-refractivity contribution in [3.63, 3.8) is 0 Å². The number of piperidine rings is 1. The average molecular weight is 270 g/mol. The van der Waals surface area contributed by atoms with E-state index < -0.39 is 0 Å². The van der Waals surface area contributed by atoms with Crippen molar-refractivity contribution in [3.8, 4) is 0 Å². The summed E-state index contributed by atoms with van der Waals surface area (Å²) < 4.78 is 5.55. The van der Waals surface area contributed by atoms with Gasteiger partial charge in [-0.3, -0.25) is 4.90 Å². The van der Waals surface area contributed by atoms with Crippen molar-refractivity contribution in [1.82, 2.24) is 10.2 Å². The average Bonchev–Trinajstić information content (AvgIpc) is 2.43. The third-order valence-electron chi connectivity index (χ3n) is 4.86. The maximum absolute atomic E-state index is 9.25. The van der Waals surface area contributed by atoms with Gasteiger partial charge in [0.1, 0.15) is 0 Å². The summed E-state index contributed by atoms with van der Waals surface area (Å²) in [6.45, 7) is 5.58. The molecule has 2 N–H and O–H groups in total. The lowest BCUT2D eigenvalue weighted by molar-refractivity contribution is -0.0190. The van der Waals surface area contributed by atoms with Crippen LogP contribution in [0.15, 0.2) is 0 Å². The Morgan fingerprint density at radius 2 is 2.11 bits per heavy atom. The Labute approximate surface area is 117 Å². The number of rotatable bonds is 6. The standard InChI is InChI=1S/C15H30N2O2/c1-16-12-15(6-10-19-11-7-15)13-17-8-3-2-4-14(17)5-9-18/h14,16,18H,2-13H2,1H3. The zero-order valence-electron chi connectivity index (χ0n) is 12.4. The van der Waals surface area contributed by atoms with E-state index in [1.54, 1.807) is 0 Å². The largest absolute Gasteiger partial charge is 0.396 e. The van der Waals surface area contributed by atoms with Gasteiger partial charge in [0.2, 0.25) is 0 Å². The summed E-state index contributed by atoms with van der Waals surface area (Å²) in [6, 6.07) is 0.593. The molecule has 0 radical (unpaired) electrons. The Bertz CT molecular complexity index is 247. The Hall–Kier alpha value is -0.160. The number of aliphatic hydroxyl groups excluding tert-OH is 1. The molecule has 2 heterocycles. The van der Waals surface area contributed by atoms with E-state index in [4.69, 9.17) is 4.74 Å². The topological polar surface area (TPSA) is 44.7 Å². The summed E-state index contributed by atoms with van der Waals surface area (Å²) in [4.78, 5) is 2.64. The van der Waals surface area contributed by atoms with Gasteiger partial charge in [0.15, 0.2) is 0 Å². The van der Waals surface area contributed by atoms with Gasteiger partial charge in [-0.15, -0.1) is 0 Å². The van der Waals surface area contributed by atoms with Crippen LogP contribution in [-0.2, 0) is 4.74 Å². The van der Waals surface area contributed by atoms with Gasteiger partial charge in [-0.1, -0.05) is 6.42 Å². The van der Waals surface area contributed by atoms with Crippen LogP contribution >= 0.6 is 0 Å². The van der Waals surface area contributed by atoms with Crippen molar-refractivity contribution in [2.24, 2.45) is 5.41 Å². The van der Waals surface area contributed by atoms with Crippen molar-refractivity contribution < 1.29 is 9.84 Å². The quantitative estimate of drug-likeness (QED) is 0.762. The highest BCUT2D eigenvalue weighted by molar-refractivity contribution is 4.90. The van der Waals surface area contributed by atoms with Gasteiger partial charge in [-0.25, -0.2) is 0 Å². The molecule has 4 nitrogen and oxygen atoms in total. The maximum atomic E-state index is 9.25. The van der Waals surface area contributed by atoms with Crippen molar-refractivity contribution in [1.29, 1.82) is 0 Å². The fraction of sp³-hybridized carbons (Fsp3) is 1.00. The summed E-state index contributed by atoms with van der Waals surface area (Å²) in [6.07, 6.45) is 7.16. The third-order valence-corrected chi connectivity index (χ3v) is 4.86. The third kappa shape index (κ3) is 4.15. The minimum absolute atomic E-state index is 0.323. The zero-order valence-corrected chi connectivity index (χ0v) is 12.4. The number of hydrogen-bond donors (Lipinski definition) is 2. The van der Waals surface area contributed by atoms with Crippen LogP contribution in [0.1, 0.15) is 38.5 Å². The van der Waals surface area contributed by atoms with Crippen molar-refractivity contribution in [2.75, 3.05) is 46.5 Å². The first-order valence-corrected chi connectivity index (χ1v) is 7.87. The minimum atomic E-state index is 0.323. The second-order valence-electron chi connectivity index (χ2n) is 6.28.